The fraction of sp³-hybridized carbons (Fsp3) is 0.824. The van der Waals surface area contributed by atoms with Crippen LogP contribution in [0, 0.1) is 5.92 Å². The molecule has 0 aromatic heterocycles. The number of imide groups is 1. The lowest BCUT2D eigenvalue weighted by molar-refractivity contribution is -0.277. The first-order valence-electron chi connectivity index (χ1n) is 10.2. The van der Waals surface area contributed by atoms with Crippen LogP contribution >= 0.6 is 16.5 Å². The van der Waals surface area contributed by atoms with Gasteiger partial charge in [-0.2, -0.15) is 0 Å². The van der Waals surface area contributed by atoms with Gasteiger partial charge in [0.1, 0.15) is 0 Å². The van der Waals surface area contributed by atoms with Gasteiger partial charge < -0.3 is 20.2 Å². The number of rotatable bonds is 16. The minimum Gasteiger partial charge on any atom is -0.356 e. The van der Waals surface area contributed by atoms with Crippen molar-refractivity contribution in [1.82, 2.24) is 10.2 Å². The molecule has 3 atom stereocenters. The van der Waals surface area contributed by atoms with Gasteiger partial charge in [0, 0.05) is 38.3 Å². The number of aliphatic hydroxyl groups is 1. The van der Waals surface area contributed by atoms with Crippen molar-refractivity contribution in [2.45, 2.75) is 70.7 Å². The lowest BCUT2D eigenvalue weighted by Crippen LogP contribution is -2.31. The predicted molar refractivity (Wildman–Crippen MR) is 110 cm³/mol. The van der Waals surface area contributed by atoms with Crippen molar-refractivity contribution in [2.24, 2.45) is 5.92 Å². The van der Waals surface area contributed by atoms with Gasteiger partial charge in [-0.1, -0.05) is 19.8 Å². The van der Waals surface area contributed by atoms with Gasteiger partial charge in [0.15, 0.2) is 0 Å². The van der Waals surface area contributed by atoms with Crippen molar-refractivity contribution in [1.29, 1.82) is 0 Å². The number of nitrogens with zero attached hydrogens (tertiary/aromatic N) is 1. The molecule has 0 aliphatic carbocycles. The van der Waals surface area contributed by atoms with Crippen LogP contribution in [-0.2, 0) is 32.6 Å². The van der Waals surface area contributed by atoms with Gasteiger partial charge in [-0.25, -0.2) is 0 Å². The molecule has 1 aliphatic rings. The van der Waals surface area contributed by atoms with E-state index in [2.05, 4.69) is 14.4 Å². The van der Waals surface area contributed by atoms with Crippen LogP contribution in [-0.4, -0.2) is 56.6 Å². The van der Waals surface area contributed by atoms with Gasteiger partial charge in [-0.05, 0) is 25.7 Å². The molecule has 0 bridgehead atoms. The Labute approximate surface area is 182 Å². The summed E-state index contributed by atoms with van der Waals surface area (Å²) in [6.07, 6.45) is 3.66. The highest BCUT2D eigenvalue weighted by molar-refractivity contribution is 7.33. The van der Waals surface area contributed by atoms with E-state index in [0.29, 0.717) is 45.2 Å². The largest absolute Gasteiger partial charge is 0.356 e. The molecular weight excluding hydrogens is 454 g/mol. The third kappa shape index (κ3) is 11.3. The van der Waals surface area contributed by atoms with Crippen LogP contribution < -0.4 is 5.32 Å². The Kier molecular flexibility index (Phi) is 12.7. The van der Waals surface area contributed by atoms with E-state index in [9.17, 15) is 28.6 Å². The fourth-order valence-electron chi connectivity index (χ4n) is 3.18. The molecular formula is C17H32N2O10P2. The lowest BCUT2D eigenvalue weighted by atomic mass is 10.1. The van der Waals surface area contributed by atoms with Crippen LogP contribution in [0.5, 0.6) is 0 Å². The molecule has 1 saturated heterocycles. The number of carbonyl (C=O) groups is 3. The summed E-state index contributed by atoms with van der Waals surface area (Å²) in [5, 5.41) is 12.6. The average Bonchev–Trinajstić information content (AvgIpc) is 2.88. The topological polar surface area (TPSA) is 180 Å². The zero-order valence-electron chi connectivity index (χ0n) is 17.5. The zero-order chi connectivity index (χ0) is 23.4. The van der Waals surface area contributed by atoms with E-state index in [1.165, 1.54) is 4.90 Å². The summed E-state index contributed by atoms with van der Waals surface area (Å²) in [6, 6.07) is 0. The molecule has 12 nitrogen and oxygen atoms in total. The lowest BCUT2D eigenvalue weighted by Gasteiger charge is -2.24. The maximum absolute atomic E-state index is 11.8. The first-order chi connectivity index (χ1) is 14.5. The average molecular weight is 486 g/mol. The molecule has 1 fully saturated rings. The van der Waals surface area contributed by atoms with E-state index >= 15 is 0 Å². The maximum Gasteiger partial charge on any atom is 0.320 e. The highest BCUT2D eigenvalue weighted by atomic mass is 31.1. The summed E-state index contributed by atoms with van der Waals surface area (Å²) in [5.41, 5.74) is 0. The van der Waals surface area contributed by atoms with E-state index < -0.39 is 22.5 Å². The van der Waals surface area contributed by atoms with Gasteiger partial charge in [0.2, 0.25) is 17.7 Å². The second-order valence-electron chi connectivity index (χ2n) is 7.41. The molecule has 31 heavy (non-hydrogen) atoms. The van der Waals surface area contributed by atoms with E-state index in [1.54, 1.807) is 6.92 Å². The van der Waals surface area contributed by atoms with E-state index in [0.717, 1.165) is 6.42 Å². The molecule has 3 unspecified atom stereocenters. The van der Waals surface area contributed by atoms with E-state index in [-0.39, 0.29) is 42.9 Å². The van der Waals surface area contributed by atoms with Crippen LogP contribution in [0.25, 0.3) is 0 Å². The van der Waals surface area contributed by atoms with Crippen molar-refractivity contribution < 1.29 is 47.5 Å². The van der Waals surface area contributed by atoms with Gasteiger partial charge in [0.25, 0.3) is 5.97 Å². The number of unbranched alkanes of at least 4 members (excludes halogenated alkanes) is 4. The molecule has 0 aromatic rings. The SMILES string of the molecule is CC1CC(=O)N(CCCCCC(=O)NCCCCCC(O)(O[PH](=O)O)O[PH](=O)O)C1=O. The number of amides is 3. The molecule has 1 aliphatic heterocycles. The number of carbonyl (C=O) groups excluding carboxylic acids is 3. The summed E-state index contributed by atoms with van der Waals surface area (Å²) in [4.78, 5) is 54.0. The molecule has 1 heterocycles. The predicted octanol–water partition coefficient (Wildman–Crippen LogP) is 1.06. The van der Waals surface area contributed by atoms with Gasteiger partial charge in [0.05, 0.1) is 0 Å². The Morgan fingerprint density at radius 3 is 2.26 bits per heavy atom. The molecule has 14 heteroatoms. The summed E-state index contributed by atoms with van der Waals surface area (Å²) >= 11 is 0. The molecule has 0 spiro atoms. The normalized spacial score (nSPS) is 20.5. The van der Waals surface area contributed by atoms with Gasteiger partial charge in [-0.15, -0.1) is 0 Å². The Hall–Kier alpha value is -1.13. The van der Waals surface area contributed by atoms with E-state index in [1.807, 2.05) is 0 Å². The third-order valence-corrected chi connectivity index (χ3v) is 5.73. The van der Waals surface area contributed by atoms with Crippen molar-refractivity contribution >= 4 is 34.2 Å². The molecule has 1 rings (SSSR count). The number of likely N-dealkylation sites (tertiary alicyclic amines) is 1. The molecule has 4 N–H and O–H groups in total. The van der Waals surface area contributed by atoms with Crippen molar-refractivity contribution in [2.75, 3.05) is 13.1 Å². The third-order valence-electron chi connectivity index (χ3n) is 4.74. The van der Waals surface area contributed by atoms with Crippen LogP contribution in [0.15, 0.2) is 0 Å². The summed E-state index contributed by atoms with van der Waals surface area (Å²) in [6.45, 7) is 2.52. The Bertz CT molecular complexity index is 659. The standard InChI is InChI=1S/C17H32N2O10P2/c1-13-12-15(21)19(16(13)22)11-7-2-4-8-14(20)18-10-6-3-5-9-17(23,28-30(24)25)29-31(26)27/h13,23,30-31H,2-12H2,1H3,(H,18,20)(H,24,25)(H,26,27). The van der Waals surface area contributed by atoms with Crippen LogP contribution in [0.4, 0.5) is 0 Å². The van der Waals surface area contributed by atoms with Crippen molar-refractivity contribution in [3.8, 4) is 0 Å². The first kappa shape index (κ1) is 27.9. The van der Waals surface area contributed by atoms with Crippen molar-refractivity contribution in [3.63, 3.8) is 0 Å². The van der Waals surface area contributed by atoms with Crippen LogP contribution in [0.2, 0.25) is 0 Å². The number of hydrogen-bond acceptors (Lipinski definition) is 8. The second-order valence-corrected chi connectivity index (χ2v) is 8.88. The molecule has 0 saturated carbocycles. The van der Waals surface area contributed by atoms with E-state index in [4.69, 9.17) is 9.79 Å². The minimum absolute atomic E-state index is 0.122. The van der Waals surface area contributed by atoms with Crippen LogP contribution in [0.3, 0.4) is 0 Å². The van der Waals surface area contributed by atoms with Crippen molar-refractivity contribution in [3.05, 3.63) is 0 Å². The Balaban J connectivity index is 2.09. The van der Waals surface area contributed by atoms with Gasteiger partial charge in [-0.3, -0.25) is 37.5 Å². The zero-order valence-corrected chi connectivity index (χ0v) is 19.5. The molecule has 0 radical (unpaired) electrons. The summed E-state index contributed by atoms with van der Waals surface area (Å²) in [5.74, 6) is -3.23. The van der Waals surface area contributed by atoms with Crippen LogP contribution in [0.1, 0.15) is 64.7 Å². The second kappa shape index (κ2) is 14.1. The smallest absolute Gasteiger partial charge is 0.320 e. The monoisotopic (exact) mass is 486 g/mol. The molecule has 0 aromatic carbocycles. The Morgan fingerprint density at radius 2 is 1.71 bits per heavy atom. The number of hydrogen-bond donors (Lipinski definition) is 4. The Morgan fingerprint density at radius 1 is 1.10 bits per heavy atom. The quantitative estimate of drug-likeness (QED) is 0.107. The fourth-order valence-corrected chi connectivity index (χ4v) is 4.09. The minimum atomic E-state index is -3.57. The highest BCUT2D eigenvalue weighted by Gasteiger charge is 2.35. The summed E-state index contributed by atoms with van der Waals surface area (Å²) in [7, 11) is -7.14. The summed E-state index contributed by atoms with van der Waals surface area (Å²) < 4.78 is 30.0. The number of nitrogens with one attached hydrogen (secondary N) is 1. The maximum atomic E-state index is 11.8. The highest BCUT2D eigenvalue weighted by Crippen LogP contribution is 2.35. The molecule has 180 valence electrons. The first-order valence-corrected chi connectivity index (χ1v) is 12.7. The van der Waals surface area contributed by atoms with Gasteiger partial charge >= 0.3 is 16.5 Å². The molecule has 3 amide bonds.